The second-order valence-electron chi connectivity index (χ2n) is 5.02. The van der Waals surface area contributed by atoms with Crippen molar-refractivity contribution in [3.8, 4) is 0 Å². The number of rotatable bonds is 6. The minimum Gasteiger partial charge on any atom is -0.382 e. The van der Waals surface area contributed by atoms with Gasteiger partial charge in [-0.15, -0.1) is 11.6 Å². The second kappa shape index (κ2) is 5.69. The van der Waals surface area contributed by atoms with Gasteiger partial charge in [-0.1, -0.05) is 12.1 Å². The zero-order chi connectivity index (χ0) is 14.0. The lowest BCUT2D eigenvalue weighted by Crippen LogP contribution is -2.24. The summed E-state index contributed by atoms with van der Waals surface area (Å²) in [5.74, 6) is 0.576. The van der Waals surface area contributed by atoms with E-state index in [9.17, 15) is 8.42 Å². The van der Waals surface area contributed by atoms with Gasteiger partial charge in [-0.25, -0.2) is 12.7 Å². The Hall–Kier alpha value is -0.780. The van der Waals surface area contributed by atoms with Crippen LogP contribution in [0.1, 0.15) is 12.8 Å². The van der Waals surface area contributed by atoms with Crippen molar-refractivity contribution in [1.82, 2.24) is 4.31 Å². The fourth-order valence-electron chi connectivity index (χ4n) is 1.87. The van der Waals surface area contributed by atoms with Crippen molar-refractivity contribution in [2.75, 3.05) is 26.0 Å². The van der Waals surface area contributed by atoms with E-state index in [2.05, 4.69) is 5.32 Å². The van der Waals surface area contributed by atoms with E-state index in [1.54, 1.807) is 18.2 Å². The lowest BCUT2D eigenvalue weighted by Gasteiger charge is -2.17. The fourth-order valence-corrected chi connectivity index (χ4v) is 3.26. The topological polar surface area (TPSA) is 49.4 Å². The average molecular weight is 303 g/mol. The van der Waals surface area contributed by atoms with Crippen molar-refractivity contribution in [2.45, 2.75) is 23.1 Å². The summed E-state index contributed by atoms with van der Waals surface area (Å²) >= 11 is 6.23. The number of sulfonamides is 1. The van der Waals surface area contributed by atoms with E-state index in [0.717, 1.165) is 0 Å². The molecule has 106 valence electrons. The highest BCUT2D eigenvalue weighted by Gasteiger charge is 2.30. The molecule has 0 heterocycles. The predicted molar refractivity (Wildman–Crippen MR) is 78.2 cm³/mol. The summed E-state index contributed by atoms with van der Waals surface area (Å²) in [5, 5.41) is 3.22. The van der Waals surface area contributed by atoms with Gasteiger partial charge in [-0.2, -0.15) is 0 Å². The molecule has 1 saturated carbocycles. The highest BCUT2D eigenvalue weighted by Crippen LogP contribution is 2.36. The number of anilines is 1. The fraction of sp³-hybridized carbons (Fsp3) is 0.538. The van der Waals surface area contributed by atoms with E-state index in [1.807, 2.05) is 6.07 Å². The standard InChI is InChI=1S/C13H19ClN2O2S/c1-16(2)19(17,18)13-6-4-3-5-12(13)15-9-11(14)10-7-8-10/h3-6,10-11,15H,7-9H2,1-2H3. The molecule has 0 amide bonds. The first-order valence-electron chi connectivity index (χ1n) is 6.32. The van der Waals surface area contributed by atoms with Gasteiger partial charge in [-0.3, -0.25) is 0 Å². The number of benzene rings is 1. The Morgan fingerprint density at radius 3 is 2.58 bits per heavy atom. The van der Waals surface area contributed by atoms with Crippen LogP contribution in [0.15, 0.2) is 29.2 Å². The maximum absolute atomic E-state index is 12.2. The number of nitrogens with zero attached hydrogens (tertiary/aromatic N) is 1. The quantitative estimate of drug-likeness (QED) is 0.821. The molecule has 1 fully saturated rings. The molecular weight excluding hydrogens is 284 g/mol. The van der Waals surface area contributed by atoms with Gasteiger partial charge in [0, 0.05) is 20.6 Å². The molecule has 0 aliphatic heterocycles. The Kier molecular flexibility index (Phi) is 4.38. The number of hydrogen-bond acceptors (Lipinski definition) is 3. The SMILES string of the molecule is CN(C)S(=O)(=O)c1ccccc1NCC(Cl)C1CC1. The van der Waals surface area contributed by atoms with Crippen molar-refractivity contribution in [2.24, 2.45) is 5.92 Å². The maximum Gasteiger partial charge on any atom is 0.244 e. The highest BCUT2D eigenvalue weighted by atomic mass is 35.5. The summed E-state index contributed by atoms with van der Waals surface area (Å²) in [7, 11) is -0.375. The Balaban J connectivity index is 2.16. The first-order chi connectivity index (χ1) is 8.93. The normalized spacial score (nSPS) is 17.5. The average Bonchev–Trinajstić information content (AvgIpc) is 3.20. The molecular formula is C13H19ClN2O2S. The number of nitrogens with one attached hydrogen (secondary N) is 1. The third-order valence-electron chi connectivity index (χ3n) is 3.27. The predicted octanol–water partition coefficient (Wildman–Crippen LogP) is 2.37. The third kappa shape index (κ3) is 3.41. The number of halogens is 1. The minimum absolute atomic E-state index is 0.0649. The Morgan fingerprint density at radius 2 is 2.00 bits per heavy atom. The number of alkyl halides is 1. The van der Waals surface area contributed by atoms with Gasteiger partial charge < -0.3 is 5.32 Å². The smallest absolute Gasteiger partial charge is 0.244 e. The molecule has 1 aliphatic carbocycles. The zero-order valence-electron chi connectivity index (χ0n) is 11.1. The molecule has 2 rings (SSSR count). The summed E-state index contributed by atoms with van der Waals surface area (Å²) in [6.45, 7) is 0.589. The van der Waals surface area contributed by atoms with Crippen LogP contribution in [0.2, 0.25) is 0 Å². The van der Waals surface area contributed by atoms with E-state index in [-0.39, 0.29) is 5.38 Å². The third-order valence-corrected chi connectivity index (χ3v) is 5.65. The molecule has 0 aromatic heterocycles. The van der Waals surface area contributed by atoms with Crippen LogP contribution in [-0.2, 0) is 10.0 Å². The van der Waals surface area contributed by atoms with Crippen LogP contribution >= 0.6 is 11.6 Å². The Bertz CT molecular complexity index is 541. The van der Waals surface area contributed by atoms with Crippen molar-refractivity contribution < 1.29 is 8.42 Å². The van der Waals surface area contributed by atoms with Gasteiger partial charge in [0.15, 0.2) is 0 Å². The van der Waals surface area contributed by atoms with Crippen LogP contribution in [0.25, 0.3) is 0 Å². The lowest BCUT2D eigenvalue weighted by atomic mass is 10.2. The van der Waals surface area contributed by atoms with Crippen molar-refractivity contribution in [3.63, 3.8) is 0 Å². The lowest BCUT2D eigenvalue weighted by molar-refractivity contribution is 0.521. The molecule has 0 radical (unpaired) electrons. The van der Waals surface area contributed by atoms with Crippen molar-refractivity contribution >= 4 is 27.3 Å². The molecule has 1 aliphatic rings. The van der Waals surface area contributed by atoms with Crippen molar-refractivity contribution in [3.05, 3.63) is 24.3 Å². The summed E-state index contributed by atoms with van der Waals surface area (Å²) in [6.07, 6.45) is 2.35. The second-order valence-corrected chi connectivity index (χ2v) is 7.70. The van der Waals surface area contributed by atoms with E-state index >= 15 is 0 Å². The number of hydrogen-bond donors (Lipinski definition) is 1. The first-order valence-corrected chi connectivity index (χ1v) is 8.20. The molecule has 1 aromatic rings. The zero-order valence-corrected chi connectivity index (χ0v) is 12.7. The monoisotopic (exact) mass is 302 g/mol. The van der Waals surface area contributed by atoms with E-state index in [1.165, 1.54) is 31.2 Å². The van der Waals surface area contributed by atoms with Crippen LogP contribution in [0, 0.1) is 5.92 Å². The van der Waals surface area contributed by atoms with Crippen LogP contribution in [-0.4, -0.2) is 38.7 Å². The molecule has 6 heteroatoms. The minimum atomic E-state index is -3.43. The van der Waals surface area contributed by atoms with Crippen LogP contribution in [0.5, 0.6) is 0 Å². The van der Waals surface area contributed by atoms with Gasteiger partial charge in [0.05, 0.1) is 11.1 Å². The molecule has 19 heavy (non-hydrogen) atoms. The summed E-state index contributed by atoms with van der Waals surface area (Å²) in [6, 6.07) is 6.92. The number of para-hydroxylation sites is 1. The summed E-state index contributed by atoms with van der Waals surface area (Å²) < 4.78 is 25.6. The first kappa shape index (κ1) is 14.6. The molecule has 0 bridgehead atoms. The van der Waals surface area contributed by atoms with Gasteiger partial charge in [0.2, 0.25) is 10.0 Å². The van der Waals surface area contributed by atoms with Gasteiger partial charge in [-0.05, 0) is 30.9 Å². The highest BCUT2D eigenvalue weighted by molar-refractivity contribution is 7.89. The Labute approximate surface area is 119 Å². The van der Waals surface area contributed by atoms with E-state index < -0.39 is 10.0 Å². The largest absolute Gasteiger partial charge is 0.382 e. The van der Waals surface area contributed by atoms with E-state index in [4.69, 9.17) is 11.6 Å². The molecule has 0 spiro atoms. The van der Waals surface area contributed by atoms with Crippen LogP contribution in [0.3, 0.4) is 0 Å². The molecule has 0 saturated heterocycles. The van der Waals surface area contributed by atoms with Crippen LogP contribution < -0.4 is 5.32 Å². The van der Waals surface area contributed by atoms with Gasteiger partial charge >= 0.3 is 0 Å². The molecule has 1 atom stereocenters. The molecule has 1 unspecified atom stereocenters. The maximum atomic E-state index is 12.2. The molecule has 4 nitrogen and oxygen atoms in total. The van der Waals surface area contributed by atoms with Crippen LogP contribution in [0.4, 0.5) is 5.69 Å². The van der Waals surface area contributed by atoms with Crippen molar-refractivity contribution in [1.29, 1.82) is 0 Å². The Morgan fingerprint density at radius 1 is 1.37 bits per heavy atom. The van der Waals surface area contributed by atoms with E-state index in [0.29, 0.717) is 23.0 Å². The summed E-state index contributed by atoms with van der Waals surface area (Å²) in [4.78, 5) is 0.291. The summed E-state index contributed by atoms with van der Waals surface area (Å²) in [5.41, 5.74) is 0.613. The van der Waals surface area contributed by atoms with Gasteiger partial charge in [0.25, 0.3) is 0 Å². The molecule has 1 aromatic carbocycles. The molecule has 1 N–H and O–H groups in total. The van der Waals surface area contributed by atoms with Gasteiger partial charge in [0.1, 0.15) is 4.90 Å².